The number of nitrogens with two attached hydrogens (primary N) is 1. The highest BCUT2D eigenvalue weighted by Gasteiger charge is 2.35. The molecule has 0 unspecified atom stereocenters. The van der Waals surface area contributed by atoms with Crippen LogP contribution in [-0.4, -0.2) is 35.8 Å². The Morgan fingerprint density at radius 3 is 2.55 bits per heavy atom. The van der Waals surface area contributed by atoms with Crippen molar-refractivity contribution in [3.63, 3.8) is 0 Å². The zero-order valence-corrected chi connectivity index (χ0v) is 16.2. The van der Waals surface area contributed by atoms with Crippen LogP contribution in [0.2, 0.25) is 0 Å². The third-order valence-electron chi connectivity index (χ3n) is 4.86. The van der Waals surface area contributed by atoms with Gasteiger partial charge in [0.2, 0.25) is 11.8 Å². The zero-order chi connectivity index (χ0) is 22.8. The van der Waals surface area contributed by atoms with Gasteiger partial charge in [0, 0.05) is 43.4 Å². The molecule has 1 aliphatic rings. The molecule has 0 saturated carbocycles. The molecular formula is C20H19F5N4O2. The summed E-state index contributed by atoms with van der Waals surface area (Å²) in [5, 5.41) is 2.41. The Morgan fingerprint density at radius 1 is 1.13 bits per heavy atom. The van der Waals surface area contributed by atoms with Crippen molar-refractivity contribution in [3.05, 3.63) is 53.2 Å². The minimum atomic E-state index is -4.75. The average Bonchev–Trinajstić information content (AvgIpc) is 2.87. The normalized spacial score (nSPS) is 16.5. The number of rotatable bonds is 4. The van der Waals surface area contributed by atoms with Crippen LogP contribution in [-0.2, 0) is 6.18 Å². The van der Waals surface area contributed by atoms with E-state index < -0.39 is 41.5 Å². The highest BCUT2D eigenvalue weighted by atomic mass is 19.4. The van der Waals surface area contributed by atoms with Crippen LogP contribution in [0.5, 0.6) is 0 Å². The lowest BCUT2D eigenvalue weighted by Crippen LogP contribution is -2.30. The first-order valence-corrected chi connectivity index (χ1v) is 9.37. The van der Waals surface area contributed by atoms with Crippen molar-refractivity contribution in [1.29, 1.82) is 0 Å². The number of nitrogens with zero attached hydrogens (tertiary/aromatic N) is 2. The second-order valence-electron chi connectivity index (χ2n) is 7.19. The fraction of sp³-hybridized carbons (Fsp3) is 0.350. The van der Waals surface area contributed by atoms with E-state index in [4.69, 9.17) is 5.73 Å². The van der Waals surface area contributed by atoms with Gasteiger partial charge >= 0.3 is 6.18 Å². The summed E-state index contributed by atoms with van der Waals surface area (Å²) in [6.45, 7) is -0.0474. The molecule has 0 radical (unpaired) electrons. The van der Waals surface area contributed by atoms with Crippen LogP contribution in [0.1, 0.15) is 45.5 Å². The zero-order valence-electron chi connectivity index (χ0n) is 16.2. The maximum Gasteiger partial charge on any atom is 0.417 e. The van der Waals surface area contributed by atoms with Gasteiger partial charge in [0.25, 0.3) is 5.91 Å². The van der Waals surface area contributed by atoms with E-state index in [2.05, 4.69) is 10.3 Å². The predicted octanol–water partition coefficient (Wildman–Crippen LogP) is 4.08. The summed E-state index contributed by atoms with van der Waals surface area (Å²) >= 11 is 0. The van der Waals surface area contributed by atoms with Crippen molar-refractivity contribution in [2.24, 2.45) is 5.73 Å². The fourth-order valence-electron chi connectivity index (χ4n) is 3.26. The van der Waals surface area contributed by atoms with Crippen molar-refractivity contribution >= 4 is 23.3 Å². The van der Waals surface area contributed by atoms with Gasteiger partial charge in [-0.05, 0) is 30.7 Å². The highest BCUT2D eigenvalue weighted by Crippen LogP contribution is 2.34. The highest BCUT2D eigenvalue weighted by molar-refractivity contribution is 6.08. The number of nitrogens with one attached hydrogen (secondary N) is 1. The molecule has 3 rings (SSSR count). The first-order valence-electron chi connectivity index (χ1n) is 9.37. The molecule has 0 bridgehead atoms. The van der Waals surface area contributed by atoms with E-state index in [1.807, 2.05) is 0 Å². The Bertz CT molecular complexity index is 994. The smallest absolute Gasteiger partial charge is 0.366 e. The van der Waals surface area contributed by atoms with Crippen LogP contribution < -0.4 is 16.0 Å². The van der Waals surface area contributed by atoms with Gasteiger partial charge in [-0.15, -0.1) is 0 Å². The molecule has 3 N–H and O–H groups in total. The molecule has 0 spiro atoms. The molecule has 2 amide bonds. The van der Waals surface area contributed by atoms with Crippen molar-refractivity contribution in [3.8, 4) is 0 Å². The standard InChI is InChI=1S/C20H19F5N4O2/c21-19(22)5-2-7-29(8-6-19)17-15(10-13(11-27-17)20(23,24)25)18(31)28-14-4-1-3-12(9-14)16(26)30/h1,3-4,9-11H,2,5-8H2,(H2,26,30)(H,28,31). The van der Waals surface area contributed by atoms with Crippen molar-refractivity contribution in [2.45, 2.75) is 31.4 Å². The molecule has 31 heavy (non-hydrogen) atoms. The van der Waals surface area contributed by atoms with Crippen LogP contribution in [0.25, 0.3) is 0 Å². The van der Waals surface area contributed by atoms with Gasteiger partial charge in [-0.25, -0.2) is 13.8 Å². The summed E-state index contributed by atoms with van der Waals surface area (Å²) < 4.78 is 67.0. The van der Waals surface area contributed by atoms with E-state index in [0.29, 0.717) is 12.3 Å². The van der Waals surface area contributed by atoms with Crippen molar-refractivity contribution < 1.29 is 31.5 Å². The number of carbonyl (C=O) groups excluding carboxylic acids is 2. The maximum atomic E-state index is 13.7. The third kappa shape index (κ3) is 5.47. The molecule has 6 nitrogen and oxygen atoms in total. The summed E-state index contributed by atoms with van der Waals surface area (Å²) in [7, 11) is 0. The Labute approximate surface area is 174 Å². The van der Waals surface area contributed by atoms with E-state index >= 15 is 0 Å². The summed E-state index contributed by atoms with van der Waals surface area (Å²) in [5.41, 5.74) is 3.86. The second-order valence-corrected chi connectivity index (χ2v) is 7.19. The summed E-state index contributed by atoms with van der Waals surface area (Å²) in [5.74, 6) is -4.68. The SMILES string of the molecule is NC(=O)c1cccc(NC(=O)c2cc(C(F)(F)F)cnc2N2CCCC(F)(F)CC2)c1. The van der Waals surface area contributed by atoms with Crippen LogP contribution in [0.15, 0.2) is 36.5 Å². The molecule has 11 heteroatoms. The molecule has 1 aromatic carbocycles. The molecule has 1 saturated heterocycles. The van der Waals surface area contributed by atoms with E-state index in [-0.39, 0.29) is 43.0 Å². The molecular weight excluding hydrogens is 423 g/mol. The van der Waals surface area contributed by atoms with E-state index in [0.717, 1.165) is 0 Å². The molecule has 0 atom stereocenters. The molecule has 2 aromatic rings. The minimum Gasteiger partial charge on any atom is -0.366 e. The number of hydrogen-bond acceptors (Lipinski definition) is 4. The van der Waals surface area contributed by atoms with Gasteiger partial charge in [0.15, 0.2) is 0 Å². The molecule has 1 aromatic heterocycles. The number of amides is 2. The van der Waals surface area contributed by atoms with Gasteiger partial charge in [-0.3, -0.25) is 9.59 Å². The minimum absolute atomic E-state index is 0.0925. The summed E-state index contributed by atoms with van der Waals surface area (Å²) in [4.78, 5) is 29.3. The number of alkyl halides is 5. The summed E-state index contributed by atoms with van der Waals surface area (Å²) in [6.07, 6.45) is -4.94. The van der Waals surface area contributed by atoms with Crippen LogP contribution >= 0.6 is 0 Å². The number of halogens is 5. The quantitative estimate of drug-likeness (QED) is 0.699. The van der Waals surface area contributed by atoms with Gasteiger partial charge in [-0.2, -0.15) is 13.2 Å². The lowest BCUT2D eigenvalue weighted by Gasteiger charge is -2.24. The number of pyridine rings is 1. The van der Waals surface area contributed by atoms with Gasteiger partial charge in [0.1, 0.15) is 5.82 Å². The molecule has 1 aliphatic heterocycles. The number of primary amides is 1. The van der Waals surface area contributed by atoms with Crippen LogP contribution in [0.3, 0.4) is 0 Å². The van der Waals surface area contributed by atoms with Crippen molar-refractivity contribution in [2.75, 3.05) is 23.3 Å². The first kappa shape index (κ1) is 22.4. The fourth-order valence-corrected chi connectivity index (χ4v) is 3.26. The van der Waals surface area contributed by atoms with Crippen LogP contribution in [0, 0.1) is 0 Å². The van der Waals surface area contributed by atoms with Crippen molar-refractivity contribution in [1.82, 2.24) is 4.98 Å². The lowest BCUT2D eigenvalue weighted by atomic mass is 10.1. The summed E-state index contributed by atoms with van der Waals surface area (Å²) in [6, 6.07) is 6.19. The monoisotopic (exact) mass is 442 g/mol. The Kier molecular flexibility index (Phi) is 6.14. The number of benzene rings is 1. The largest absolute Gasteiger partial charge is 0.417 e. The third-order valence-corrected chi connectivity index (χ3v) is 4.86. The first-order chi connectivity index (χ1) is 14.5. The Morgan fingerprint density at radius 2 is 1.87 bits per heavy atom. The predicted molar refractivity (Wildman–Crippen MR) is 103 cm³/mol. The van der Waals surface area contributed by atoms with Gasteiger partial charge < -0.3 is 16.0 Å². The lowest BCUT2D eigenvalue weighted by molar-refractivity contribution is -0.137. The molecule has 0 aliphatic carbocycles. The van der Waals surface area contributed by atoms with E-state index in [9.17, 15) is 31.5 Å². The molecule has 166 valence electrons. The topological polar surface area (TPSA) is 88.3 Å². The maximum absolute atomic E-state index is 13.7. The second kappa shape index (κ2) is 8.48. The number of anilines is 2. The molecule has 2 heterocycles. The Balaban J connectivity index is 1.96. The Hall–Kier alpha value is -3.24. The van der Waals surface area contributed by atoms with Crippen LogP contribution in [0.4, 0.5) is 33.5 Å². The average molecular weight is 442 g/mol. The number of hydrogen-bond donors (Lipinski definition) is 2. The van der Waals surface area contributed by atoms with Gasteiger partial charge in [0.05, 0.1) is 11.1 Å². The number of carbonyl (C=O) groups is 2. The number of aromatic nitrogens is 1. The van der Waals surface area contributed by atoms with E-state index in [1.54, 1.807) is 0 Å². The van der Waals surface area contributed by atoms with Gasteiger partial charge in [-0.1, -0.05) is 6.07 Å². The molecule has 1 fully saturated rings. The van der Waals surface area contributed by atoms with E-state index in [1.165, 1.54) is 29.2 Å².